The van der Waals surface area contributed by atoms with E-state index in [9.17, 15) is 0 Å². The minimum Gasteiger partial charge on any atom is -0.325 e. The first kappa shape index (κ1) is 10.8. The van der Waals surface area contributed by atoms with E-state index in [0.29, 0.717) is 0 Å². The maximum Gasteiger partial charge on any atom is 0.0663 e. The van der Waals surface area contributed by atoms with Crippen molar-refractivity contribution in [2.24, 2.45) is 5.73 Å². The Morgan fingerprint density at radius 3 is 2.88 bits per heavy atom. The summed E-state index contributed by atoms with van der Waals surface area (Å²) in [7, 11) is 0. The predicted molar refractivity (Wildman–Crippen MR) is 68.4 cm³/mol. The molecule has 0 bridgehead atoms. The summed E-state index contributed by atoms with van der Waals surface area (Å²) in [6.45, 7) is 0. The van der Waals surface area contributed by atoms with Gasteiger partial charge in [0.05, 0.1) is 5.69 Å². The second-order valence-electron chi connectivity index (χ2n) is 4.75. The van der Waals surface area contributed by atoms with Gasteiger partial charge in [-0.05, 0) is 37.1 Å². The van der Waals surface area contributed by atoms with Gasteiger partial charge in [0.1, 0.15) is 0 Å². The molecule has 1 aliphatic rings. The zero-order valence-corrected chi connectivity index (χ0v) is 10.2. The van der Waals surface area contributed by atoms with E-state index < -0.39 is 0 Å². The molecule has 1 saturated carbocycles. The van der Waals surface area contributed by atoms with Gasteiger partial charge in [-0.2, -0.15) is 5.10 Å². The Morgan fingerprint density at radius 1 is 1.35 bits per heavy atom. The Morgan fingerprint density at radius 2 is 2.18 bits per heavy atom. The van der Waals surface area contributed by atoms with Crippen LogP contribution in [-0.2, 0) is 6.42 Å². The van der Waals surface area contributed by atoms with Crippen molar-refractivity contribution in [1.82, 2.24) is 9.78 Å². The van der Waals surface area contributed by atoms with Crippen LogP contribution in [0.3, 0.4) is 0 Å². The van der Waals surface area contributed by atoms with E-state index in [1.165, 1.54) is 0 Å². The minimum absolute atomic E-state index is 0.00361. The van der Waals surface area contributed by atoms with E-state index in [-0.39, 0.29) is 5.54 Å². The molecule has 2 N–H and O–H groups in total. The van der Waals surface area contributed by atoms with Crippen LogP contribution < -0.4 is 5.73 Å². The first-order valence-electron chi connectivity index (χ1n) is 5.74. The molecule has 1 heterocycles. The van der Waals surface area contributed by atoms with E-state index >= 15 is 0 Å². The van der Waals surface area contributed by atoms with Gasteiger partial charge in [0.15, 0.2) is 0 Å². The summed E-state index contributed by atoms with van der Waals surface area (Å²) in [5.41, 5.74) is 8.28. The smallest absolute Gasteiger partial charge is 0.0663 e. The van der Waals surface area contributed by atoms with E-state index in [1.807, 2.05) is 41.2 Å². The summed E-state index contributed by atoms with van der Waals surface area (Å²) in [4.78, 5) is 0. The highest BCUT2D eigenvalue weighted by atomic mass is 35.5. The molecule has 17 heavy (non-hydrogen) atoms. The van der Waals surface area contributed by atoms with Crippen molar-refractivity contribution in [3.05, 3.63) is 47.2 Å². The van der Waals surface area contributed by atoms with Crippen LogP contribution >= 0.6 is 11.6 Å². The fourth-order valence-corrected chi connectivity index (χ4v) is 2.19. The summed E-state index contributed by atoms with van der Waals surface area (Å²) >= 11 is 5.99. The summed E-state index contributed by atoms with van der Waals surface area (Å²) in [6.07, 6.45) is 4.89. The second-order valence-corrected chi connectivity index (χ2v) is 5.19. The van der Waals surface area contributed by atoms with Crippen LogP contribution in [0, 0.1) is 0 Å². The van der Waals surface area contributed by atoms with Gasteiger partial charge in [0.25, 0.3) is 0 Å². The van der Waals surface area contributed by atoms with Crippen molar-refractivity contribution in [3.63, 3.8) is 0 Å². The van der Waals surface area contributed by atoms with Crippen LogP contribution in [-0.4, -0.2) is 15.3 Å². The zero-order valence-electron chi connectivity index (χ0n) is 9.44. The molecule has 1 aliphatic carbocycles. The van der Waals surface area contributed by atoms with Crippen LogP contribution in [0.25, 0.3) is 5.69 Å². The van der Waals surface area contributed by atoms with Crippen LogP contribution in [0.1, 0.15) is 18.5 Å². The molecule has 0 amide bonds. The fraction of sp³-hybridized carbons (Fsp3) is 0.308. The first-order valence-corrected chi connectivity index (χ1v) is 6.12. The molecule has 0 aliphatic heterocycles. The van der Waals surface area contributed by atoms with Gasteiger partial charge < -0.3 is 5.73 Å². The number of benzene rings is 1. The summed E-state index contributed by atoms with van der Waals surface area (Å²) in [5.74, 6) is 0. The topological polar surface area (TPSA) is 43.8 Å². The summed E-state index contributed by atoms with van der Waals surface area (Å²) < 4.78 is 1.92. The minimum atomic E-state index is -0.00361. The number of aromatic nitrogens is 2. The molecule has 1 aromatic carbocycles. The maximum absolute atomic E-state index is 6.15. The summed E-state index contributed by atoms with van der Waals surface area (Å²) in [6, 6.07) is 9.72. The van der Waals surface area contributed by atoms with Crippen molar-refractivity contribution in [1.29, 1.82) is 0 Å². The zero-order chi connectivity index (χ0) is 11.9. The third-order valence-corrected chi connectivity index (χ3v) is 3.43. The molecule has 1 fully saturated rings. The molecule has 0 atom stereocenters. The van der Waals surface area contributed by atoms with Gasteiger partial charge >= 0.3 is 0 Å². The van der Waals surface area contributed by atoms with Crippen LogP contribution in [0.4, 0.5) is 0 Å². The number of nitrogens with two attached hydrogens (primary N) is 1. The lowest BCUT2D eigenvalue weighted by Gasteiger charge is -2.11. The van der Waals surface area contributed by atoms with Crippen molar-refractivity contribution in [2.45, 2.75) is 24.8 Å². The molecule has 3 nitrogen and oxygen atoms in total. The monoisotopic (exact) mass is 247 g/mol. The largest absolute Gasteiger partial charge is 0.325 e. The van der Waals surface area contributed by atoms with Crippen LogP contribution in [0.15, 0.2) is 36.5 Å². The van der Waals surface area contributed by atoms with Gasteiger partial charge in [0.2, 0.25) is 0 Å². The Bertz CT molecular complexity index is 543. The maximum atomic E-state index is 6.15. The van der Waals surface area contributed by atoms with Crippen molar-refractivity contribution >= 4 is 11.6 Å². The Labute approximate surface area is 105 Å². The van der Waals surface area contributed by atoms with Gasteiger partial charge in [-0.25, -0.2) is 4.68 Å². The highest BCUT2D eigenvalue weighted by molar-refractivity contribution is 6.30. The molecule has 0 radical (unpaired) electrons. The molecule has 0 spiro atoms. The third-order valence-electron chi connectivity index (χ3n) is 3.20. The third kappa shape index (κ3) is 2.21. The average molecular weight is 248 g/mol. The number of halogens is 1. The Balaban J connectivity index is 1.95. The summed E-state index contributed by atoms with van der Waals surface area (Å²) in [5, 5.41) is 5.06. The molecule has 3 rings (SSSR count). The molecule has 1 aromatic heterocycles. The van der Waals surface area contributed by atoms with Crippen LogP contribution in [0.2, 0.25) is 5.02 Å². The van der Waals surface area contributed by atoms with E-state index in [4.69, 9.17) is 17.3 Å². The van der Waals surface area contributed by atoms with Crippen molar-refractivity contribution < 1.29 is 0 Å². The van der Waals surface area contributed by atoms with Crippen molar-refractivity contribution in [3.8, 4) is 5.69 Å². The van der Waals surface area contributed by atoms with E-state index in [0.717, 1.165) is 35.7 Å². The number of nitrogens with zero attached hydrogens (tertiary/aromatic N) is 2. The molecular formula is C13H14ClN3. The average Bonchev–Trinajstić information content (AvgIpc) is 2.86. The number of hydrogen-bond acceptors (Lipinski definition) is 2. The molecule has 2 aromatic rings. The predicted octanol–water partition coefficient (Wildman–Crippen LogP) is 2.56. The fourth-order valence-electron chi connectivity index (χ4n) is 2.00. The lowest BCUT2D eigenvalue weighted by molar-refractivity contribution is 0.637. The second kappa shape index (κ2) is 3.86. The molecule has 0 saturated heterocycles. The Kier molecular flexibility index (Phi) is 2.45. The SMILES string of the molecule is NC1(Cc2ccnn2-c2cccc(Cl)c2)CC1. The molecule has 4 heteroatoms. The first-order chi connectivity index (χ1) is 8.16. The van der Waals surface area contributed by atoms with Crippen molar-refractivity contribution in [2.75, 3.05) is 0 Å². The van der Waals surface area contributed by atoms with Gasteiger partial charge in [-0.3, -0.25) is 0 Å². The highest BCUT2D eigenvalue weighted by Crippen LogP contribution is 2.35. The van der Waals surface area contributed by atoms with Gasteiger partial charge in [0, 0.05) is 28.9 Å². The number of rotatable bonds is 3. The highest BCUT2D eigenvalue weighted by Gasteiger charge is 2.38. The molecular weight excluding hydrogens is 234 g/mol. The molecule has 88 valence electrons. The quantitative estimate of drug-likeness (QED) is 0.906. The molecule has 0 unspecified atom stereocenters. The van der Waals surface area contributed by atoms with Gasteiger partial charge in [-0.15, -0.1) is 0 Å². The lowest BCUT2D eigenvalue weighted by Crippen LogP contribution is -2.25. The van der Waals surface area contributed by atoms with Crippen LogP contribution in [0.5, 0.6) is 0 Å². The van der Waals surface area contributed by atoms with E-state index in [1.54, 1.807) is 0 Å². The lowest BCUT2D eigenvalue weighted by atomic mass is 10.1. The standard InChI is InChI=1S/C13H14ClN3/c14-10-2-1-3-11(8-10)17-12(4-7-16-17)9-13(15)5-6-13/h1-4,7-8H,5-6,9,15H2. The van der Waals surface area contributed by atoms with E-state index in [2.05, 4.69) is 5.10 Å². The van der Waals surface area contributed by atoms with Gasteiger partial charge in [-0.1, -0.05) is 17.7 Å². The Hall–Kier alpha value is -1.32. The number of hydrogen-bond donors (Lipinski definition) is 1. The normalized spacial score (nSPS) is 17.1.